The lowest BCUT2D eigenvalue weighted by Crippen LogP contribution is -2.19. The van der Waals surface area contributed by atoms with Gasteiger partial charge in [0.15, 0.2) is 0 Å². The summed E-state index contributed by atoms with van der Waals surface area (Å²) in [4.78, 5) is 0. The maximum absolute atomic E-state index is 5.03. The topological polar surface area (TPSA) is 48.8 Å². The highest BCUT2D eigenvalue weighted by Gasteiger charge is 2.27. The van der Waals surface area contributed by atoms with Crippen LogP contribution in [0.3, 0.4) is 0 Å². The van der Waals surface area contributed by atoms with Crippen LogP contribution in [0.4, 0.5) is 11.4 Å². The fourth-order valence-electron chi connectivity index (χ4n) is 8.95. The van der Waals surface area contributed by atoms with Crippen molar-refractivity contribution in [3.63, 3.8) is 0 Å². The van der Waals surface area contributed by atoms with Crippen LogP contribution in [0.2, 0.25) is 0 Å². The van der Waals surface area contributed by atoms with Crippen molar-refractivity contribution in [2.24, 2.45) is 8.80 Å². The van der Waals surface area contributed by atoms with E-state index in [9.17, 15) is 0 Å². The quantitative estimate of drug-likeness (QED) is 0.106. The average Bonchev–Trinajstić information content (AvgIpc) is 4.07. The van der Waals surface area contributed by atoms with Gasteiger partial charge in [-0.3, -0.25) is 0 Å². The van der Waals surface area contributed by atoms with Gasteiger partial charge in [-0.1, -0.05) is 231 Å². The zero-order chi connectivity index (χ0) is 42.7. The number of rotatable bonds is 10. The third-order valence-corrected chi connectivity index (χ3v) is 13.0. The Balaban J connectivity index is 1.04. The van der Waals surface area contributed by atoms with Gasteiger partial charge >= 0.3 is 0 Å². The van der Waals surface area contributed by atoms with Crippen molar-refractivity contribution in [2.75, 3.05) is 9.44 Å². The smallest absolute Gasteiger partial charge is 0.108 e. The summed E-state index contributed by atoms with van der Waals surface area (Å²) in [5, 5.41) is 1.82. The molecular weight excluding hydrogens is 817 g/mol. The molecule has 2 aliphatic rings. The molecule has 0 amide bonds. The number of fused-ring (bicyclic) bond motifs is 2. The summed E-state index contributed by atoms with van der Waals surface area (Å²) in [6.45, 7) is 0. The first-order valence-electron chi connectivity index (χ1n) is 21.3. The highest BCUT2D eigenvalue weighted by atomic mass is 32.2. The van der Waals surface area contributed by atoms with Crippen LogP contribution in [0.15, 0.2) is 239 Å². The Hall–Kier alpha value is -7.64. The van der Waals surface area contributed by atoms with E-state index in [0.717, 1.165) is 66.6 Å². The molecule has 0 spiro atoms. The SMILES string of the molecule is c1ccc(C(=C(c2ccccc2)c2ccc(-c3c4c(c(-c5ccc(C(=C(c6ccccc6)c6ccccc6)c6ccccc6)cc5)c5c3=NSN5)=NSN4)cc2)c2ccccc2)cc1. The van der Waals surface area contributed by atoms with Crippen LogP contribution in [0, 0.1) is 0 Å². The van der Waals surface area contributed by atoms with Crippen molar-refractivity contribution in [3.05, 3.63) is 286 Å². The van der Waals surface area contributed by atoms with Gasteiger partial charge in [0.25, 0.3) is 0 Å². The molecule has 6 heteroatoms. The lowest BCUT2D eigenvalue weighted by Gasteiger charge is -2.19. The summed E-state index contributed by atoms with van der Waals surface area (Å²) >= 11 is 2.73. The number of benzene rings is 9. The van der Waals surface area contributed by atoms with Crippen molar-refractivity contribution in [3.8, 4) is 22.3 Å². The second kappa shape index (κ2) is 17.6. The molecule has 0 aliphatic carbocycles. The number of nitrogens with one attached hydrogen (secondary N) is 2. The standard InChI is InChI=1S/C58H40N4S2/c1-7-19-39(20-8-1)49(40-21-9-2-10-22-40)51(43-27-15-5-16-28-43)45-31-35-47(36-32-45)53-55-57(61-63-59-55)54(58-56(53)60-64-62-58)48-37-33-46(34-38-48)52(44-29-17-6-18-30-44)50(41-23-11-3-12-24-41)42-25-13-4-14-26-42/h1-38,59,62H. The molecule has 0 atom stereocenters. The molecule has 64 heavy (non-hydrogen) atoms. The van der Waals surface area contributed by atoms with E-state index in [4.69, 9.17) is 8.80 Å². The van der Waals surface area contributed by atoms with Gasteiger partial charge in [0, 0.05) is 11.1 Å². The highest BCUT2D eigenvalue weighted by molar-refractivity contribution is 7.99. The van der Waals surface area contributed by atoms with Gasteiger partial charge in [-0.2, -0.15) is 8.80 Å². The Morgan fingerprint density at radius 1 is 0.266 bits per heavy atom. The van der Waals surface area contributed by atoms with Crippen LogP contribution in [0.25, 0.3) is 44.5 Å². The molecule has 0 radical (unpaired) electrons. The van der Waals surface area contributed by atoms with Gasteiger partial charge in [-0.25, -0.2) is 0 Å². The predicted molar refractivity (Wildman–Crippen MR) is 271 cm³/mol. The average molecular weight is 857 g/mol. The van der Waals surface area contributed by atoms with Gasteiger partial charge < -0.3 is 9.44 Å². The summed E-state index contributed by atoms with van der Waals surface area (Å²) in [5.41, 5.74) is 20.1. The van der Waals surface area contributed by atoms with Crippen molar-refractivity contribution >= 4 is 57.9 Å². The first kappa shape index (κ1) is 39.2. The fourth-order valence-corrected chi connectivity index (χ4v) is 10.2. The number of hydrogen-bond acceptors (Lipinski definition) is 6. The minimum Gasteiger partial charge on any atom is -0.308 e. The molecule has 11 rings (SSSR count). The van der Waals surface area contributed by atoms with Crippen molar-refractivity contribution in [2.45, 2.75) is 0 Å². The van der Waals surface area contributed by atoms with Crippen LogP contribution in [-0.4, -0.2) is 0 Å². The number of anilines is 2. The molecule has 0 bridgehead atoms. The molecule has 0 fully saturated rings. The molecule has 0 unspecified atom stereocenters. The van der Waals surface area contributed by atoms with Gasteiger partial charge in [0.05, 0.1) is 35.6 Å². The summed E-state index contributed by atoms with van der Waals surface area (Å²) in [6.07, 6.45) is 0. The van der Waals surface area contributed by atoms with Gasteiger partial charge in [0.1, 0.15) is 10.7 Å². The monoisotopic (exact) mass is 856 g/mol. The normalized spacial score (nSPS) is 12.1. The van der Waals surface area contributed by atoms with Crippen molar-refractivity contribution in [1.82, 2.24) is 0 Å². The molecule has 4 nitrogen and oxygen atoms in total. The molecular formula is C58H40N4S2. The fraction of sp³-hybridized carbons (Fsp3) is 0. The highest BCUT2D eigenvalue weighted by Crippen LogP contribution is 2.42. The van der Waals surface area contributed by atoms with Crippen LogP contribution in [0.1, 0.15) is 44.5 Å². The van der Waals surface area contributed by atoms with Crippen LogP contribution in [-0.2, 0) is 0 Å². The number of hydrogen-bond donors (Lipinski definition) is 2. The molecule has 0 saturated carbocycles. The largest absolute Gasteiger partial charge is 0.308 e. The molecule has 9 aromatic carbocycles. The van der Waals surface area contributed by atoms with E-state index in [-0.39, 0.29) is 0 Å². The van der Waals surface area contributed by atoms with Gasteiger partial charge in [0.2, 0.25) is 0 Å². The Morgan fingerprint density at radius 3 is 0.719 bits per heavy atom. The molecule has 2 N–H and O–H groups in total. The van der Waals surface area contributed by atoms with Crippen molar-refractivity contribution in [1.29, 1.82) is 0 Å². The van der Waals surface area contributed by atoms with Gasteiger partial charge in [-0.15, -0.1) is 0 Å². The van der Waals surface area contributed by atoms with Crippen LogP contribution >= 0.6 is 24.3 Å². The van der Waals surface area contributed by atoms with E-state index >= 15 is 0 Å². The minimum absolute atomic E-state index is 0.911. The molecule has 2 aliphatic heterocycles. The van der Waals surface area contributed by atoms with E-state index in [1.54, 1.807) is 0 Å². The van der Waals surface area contributed by atoms with E-state index in [0.29, 0.717) is 0 Å². The molecule has 0 aromatic heterocycles. The van der Waals surface area contributed by atoms with E-state index in [2.05, 4.69) is 240 Å². The second-order valence-electron chi connectivity index (χ2n) is 15.6. The summed E-state index contributed by atoms with van der Waals surface area (Å²) in [5.74, 6) is 0. The molecule has 9 aromatic rings. The minimum atomic E-state index is 0.911. The zero-order valence-electron chi connectivity index (χ0n) is 34.7. The molecule has 304 valence electrons. The third kappa shape index (κ3) is 7.43. The Labute approximate surface area is 382 Å². The lowest BCUT2D eigenvalue weighted by atomic mass is 9.85. The zero-order valence-corrected chi connectivity index (χ0v) is 36.3. The van der Waals surface area contributed by atoms with Crippen LogP contribution in [0.5, 0.6) is 0 Å². The van der Waals surface area contributed by atoms with E-state index < -0.39 is 0 Å². The number of nitrogens with zero attached hydrogens (tertiary/aromatic N) is 2. The lowest BCUT2D eigenvalue weighted by molar-refractivity contribution is 1.41. The van der Waals surface area contributed by atoms with E-state index in [1.807, 2.05) is 0 Å². The third-order valence-electron chi connectivity index (χ3n) is 11.8. The maximum Gasteiger partial charge on any atom is 0.108 e. The first-order valence-corrected chi connectivity index (χ1v) is 22.9. The molecule has 2 heterocycles. The molecule has 0 saturated heterocycles. The Kier molecular flexibility index (Phi) is 10.8. The van der Waals surface area contributed by atoms with Crippen molar-refractivity contribution < 1.29 is 0 Å². The first-order chi connectivity index (χ1) is 31.8. The maximum atomic E-state index is 5.03. The summed E-state index contributed by atoms with van der Waals surface area (Å²) in [7, 11) is 0. The van der Waals surface area contributed by atoms with E-state index in [1.165, 1.54) is 68.8 Å². The Morgan fingerprint density at radius 2 is 0.484 bits per heavy atom. The predicted octanol–water partition coefficient (Wildman–Crippen LogP) is 14.3. The second-order valence-corrected chi connectivity index (χ2v) is 16.8. The van der Waals surface area contributed by atoms with Crippen LogP contribution < -0.4 is 20.2 Å². The van der Waals surface area contributed by atoms with Gasteiger partial charge in [-0.05, 0) is 77.9 Å². The summed E-state index contributed by atoms with van der Waals surface area (Å²) in [6, 6.07) is 82.1. The summed E-state index contributed by atoms with van der Waals surface area (Å²) < 4.78 is 17.2. The Bertz CT molecular complexity index is 2990.